The van der Waals surface area contributed by atoms with Gasteiger partial charge in [-0.3, -0.25) is 14.8 Å². The summed E-state index contributed by atoms with van der Waals surface area (Å²) < 4.78 is 0. The number of carbonyl (C=O) groups excluding carboxylic acids is 1. The van der Waals surface area contributed by atoms with E-state index >= 15 is 0 Å². The van der Waals surface area contributed by atoms with E-state index in [0.717, 1.165) is 17.7 Å². The Balaban J connectivity index is 1.70. The Morgan fingerprint density at radius 1 is 1.38 bits per heavy atom. The molecule has 1 aromatic carbocycles. The van der Waals surface area contributed by atoms with E-state index in [-0.39, 0.29) is 5.91 Å². The van der Waals surface area contributed by atoms with E-state index in [2.05, 4.69) is 27.1 Å². The number of hydrogen-bond acceptors (Lipinski definition) is 4. The Morgan fingerprint density at radius 3 is 2.92 bits per heavy atom. The third-order valence-electron chi connectivity index (χ3n) is 3.94. The number of rotatable bonds is 8. The molecule has 0 spiro atoms. The van der Waals surface area contributed by atoms with Gasteiger partial charge in [-0.1, -0.05) is 23.7 Å². The molecule has 0 fully saturated rings. The molecule has 1 N–H and O–H groups in total. The fourth-order valence-corrected chi connectivity index (χ4v) is 2.54. The Labute approximate surface area is 148 Å². The van der Waals surface area contributed by atoms with E-state index < -0.39 is 0 Å². The number of benzene rings is 1. The number of hydrogen-bond donors (Lipinski definition) is 1. The van der Waals surface area contributed by atoms with Crippen molar-refractivity contribution in [1.29, 1.82) is 0 Å². The Morgan fingerprint density at radius 2 is 2.21 bits per heavy atom. The number of carbonyl (C=O) groups is 1. The highest BCUT2D eigenvalue weighted by Crippen LogP contribution is 2.10. The summed E-state index contributed by atoms with van der Waals surface area (Å²) in [4.78, 5) is 22.5. The van der Waals surface area contributed by atoms with Crippen molar-refractivity contribution in [3.05, 3.63) is 59.1 Å². The number of halogens is 1. The van der Waals surface area contributed by atoms with Crippen molar-refractivity contribution in [3.63, 3.8) is 0 Å². The van der Waals surface area contributed by atoms with Crippen LogP contribution in [0.5, 0.6) is 0 Å². The van der Waals surface area contributed by atoms with E-state index in [1.807, 2.05) is 31.3 Å². The second-order valence-electron chi connectivity index (χ2n) is 5.89. The van der Waals surface area contributed by atoms with Crippen LogP contribution in [-0.4, -0.2) is 40.4 Å². The quantitative estimate of drug-likeness (QED) is 0.798. The number of likely N-dealkylation sites (N-methyl/N-ethyl adjacent to an activating group) is 1. The smallest absolute Gasteiger partial charge is 0.221 e. The molecule has 0 saturated heterocycles. The van der Waals surface area contributed by atoms with Crippen molar-refractivity contribution in [3.8, 4) is 0 Å². The number of amides is 1. The highest BCUT2D eigenvalue weighted by molar-refractivity contribution is 6.30. The van der Waals surface area contributed by atoms with Gasteiger partial charge in [-0.25, -0.2) is 0 Å². The first-order valence-corrected chi connectivity index (χ1v) is 8.38. The predicted molar refractivity (Wildman–Crippen MR) is 95.7 cm³/mol. The lowest BCUT2D eigenvalue weighted by Crippen LogP contribution is -2.35. The Kier molecular flexibility index (Phi) is 7.15. The van der Waals surface area contributed by atoms with Crippen LogP contribution in [0.2, 0.25) is 5.02 Å². The van der Waals surface area contributed by atoms with Crippen LogP contribution in [0.1, 0.15) is 24.6 Å². The van der Waals surface area contributed by atoms with Crippen LogP contribution in [0.25, 0.3) is 0 Å². The molecule has 1 amide bonds. The lowest BCUT2D eigenvalue weighted by Gasteiger charge is -2.24. The SMILES string of the molecule is C[C@H](Cc1cnccn1)N(C)CCC(=O)NCc1cccc(Cl)c1. The van der Waals surface area contributed by atoms with Crippen LogP contribution < -0.4 is 5.32 Å². The minimum Gasteiger partial charge on any atom is -0.352 e. The van der Waals surface area contributed by atoms with Crippen molar-refractivity contribution in [2.24, 2.45) is 0 Å². The molecule has 0 saturated carbocycles. The monoisotopic (exact) mass is 346 g/mol. The molecule has 128 valence electrons. The summed E-state index contributed by atoms with van der Waals surface area (Å²) in [5.74, 6) is 0.0357. The topological polar surface area (TPSA) is 58.1 Å². The summed E-state index contributed by atoms with van der Waals surface area (Å²) in [6, 6.07) is 7.80. The van der Waals surface area contributed by atoms with Crippen molar-refractivity contribution in [2.45, 2.75) is 32.4 Å². The van der Waals surface area contributed by atoms with E-state index in [1.165, 1.54) is 0 Å². The largest absolute Gasteiger partial charge is 0.352 e. The maximum Gasteiger partial charge on any atom is 0.221 e. The predicted octanol–water partition coefficient (Wildman–Crippen LogP) is 2.70. The van der Waals surface area contributed by atoms with Gasteiger partial charge in [0.15, 0.2) is 0 Å². The van der Waals surface area contributed by atoms with Crippen LogP contribution in [0.4, 0.5) is 0 Å². The minimum absolute atomic E-state index is 0.0357. The van der Waals surface area contributed by atoms with Crippen LogP contribution >= 0.6 is 11.6 Å². The van der Waals surface area contributed by atoms with Gasteiger partial charge in [0.1, 0.15) is 0 Å². The fourth-order valence-electron chi connectivity index (χ4n) is 2.33. The zero-order valence-corrected chi connectivity index (χ0v) is 14.8. The van der Waals surface area contributed by atoms with Crippen LogP contribution in [0, 0.1) is 0 Å². The summed E-state index contributed by atoms with van der Waals surface area (Å²) in [7, 11) is 2.02. The molecule has 1 heterocycles. The van der Waals surface area contributed by atoms with E-state index in [0.29, 0.717) is 30.6 Å². The molecule has 0 unspecified atom stereocenters. The fraction of sp³-hybridized carbons (Fsp3) is 0.389. The summed E-state index contributed by atoms with van der Waals surface area (Å²) in [5, 5.41) is 3.60. The van der Waals surface area contributed by atoms with E-state index in [9.17, 15) is 4.79 Å². The second kappa shape index (κ2) is 9.35. The maximum absolute atomic E-state index is 12.0. The molecular formula is C18H23ClN4O. The molecule has 1 aromatic heterocycles. The molecule has 0 bridgehead atoms. The van der Waals surface area contributed by atoms with Gasteiger partial charge >= 0.3 is 0 Å². The maximum atomic E-state index is 12.0. The molecule has 6 heteroatoms. The zero-order valence-electron chi connectivity index (χ0n) is 14.1. The summed E-state index contributed by atoms with van der Waals surface area (Å²) >= 11 is 5.94. The molecular weight excluding hydrogens is 324 g/mol. The molecule has 0 aliphatic rings. The highest BCUT2D eigenvalue weighted by atomic mass is 35.5. The van der Waals surface area contributed by atoms with Crippen molar-refractivity contribution in [1.82, 2.24) is 20.2 Å². The van der Waals surface area contributed by atoms with Crippen LogP contribution in [0.3, 0.4) is 0 Å². The number of nitrogens with zero attached hydrogens (tertiary/aromatic N) is 3. The first-order valence-electron chi connectivity index (χ1n) is 8.01. The second-order valence-corrected chi connectivity index (χ2v) is 6.32. The number of nitrogens with one attached hydrogen (secondary N) is 1. The van der Waals surface area contributed by atoms with E-state index in [4.69, 9.17) is 11.6 Å². The molecule has 0 radical (unpaired) electrons. The van der Waals surface area contributed by atoms with Gasteiger partial charge in [0.05, 0.1) is 5.69 Å². The Bertz CT molecular complexity index is 650. The Hall–Kier alpha value is -1.98. The lowest BCUT2D eigenvalue weighted by atomic mass is 10.1. The van der Waals surface area contributed by atoms with Gasteiger partial charge in [-0.15, -0.1) is 0 Å². The van der Waals surface area contributed by atoms with Gasteiger partial charge in [0.2, 0.25) is 5.91 Å². The molecule has 2 aromatic rings. The normalized spacial score (nSPS) is 12.2. The zero-order chi connectivity index (χ0) is 17.4. The van der Waals surface area contributed by atoms with Gasteiger partial charge in [-0.05, 0) is 31.7 Å². The average Bonchev–Trinajstić information content (AvgIpc) is 2.58. The average molecular weight is 347 g/mol. The first kappa shape index (κ1) is 18.4. The minimum atomic E-state index is 0.0357. The van der Waals surface area contributed by atoms with Crippen LogP contribution in [-0.2, 0) is 17.8 Å². The third-order valence-corrected chi connectivity index (χ3v) is 4.18. The van der Waals surface area contributed by atoms with Crippen LogP contribution in [0.15, 0.2) is 42.9 Å². The van der Waals surface area contributed by atoms with Gasteiger partial charge in [-0.2, -0.15) is 0 Å². The molecule has 1 atom stereocenters. The number of aromatic nitrogens is 2. The van der Waals surface area contributed by atoms with E-state index in [1.54, 1.807) is 18.6 Å². The lowest BCUT2D eigenvalue weighted by molar-refractivity contribution is -0.121. The molecule has 2 rings (SSSR count). The summed E-state index contributed by atoms with van der Waals surface area (Å²) in [5.41, 5.74) is 1.96. The highest BCUT2D eigenvalue weighted by Gasteiger charge is 2.12. The molecule has 0 aliphatic heterocycles. The standard InChI is InChI=1S/C18H23ClN4O/c1-14(10-17-13-20-7-8-21-17)23(2)9-6-18(24)22-12-15-4-3-5-16(19)11-15/h3-5,7-8,11,13-14H,6,9-10,12H2,1-2H3,(H,22,24)/t14-/m1/s1. The van der Waals surface area contributed by atoms with Gasteiger partial charge < -0.3 is 10.2 Å². The van der Waals surface area contributed by atoms with Gasteiger partial charge in [0.25, 0.3) is 0 Å². The summed E-state index contributed by atoms with van der Waals surface area (Å²) in [6.07, 6.45) is 6.42. The third kappa shape index (κ3) is 6.26. The molecule has 24 heavy (non-hydrogen) atoms. The summed E-state index contributed by atoms with van der Waals surface area (Å²) in [6.45, 7) is 3.32. The van der Waals surface area contributed by atoms with Crippen molar-refractivity contribution in [2.75, 3.05) is 13.6 Å². The van der Waals surface area contributed by atoms with Crippen molar-refractivity contribution < 1.29 is 4.79 Å². The molecule has 0 aliphatic carbocycles. The molecule has 5 nitrogen and oxygen atoms in total. The van der Waals surface area contributed by atoms with Crippen molar-refractivity contribution >= 4 is 17.5 Å². The van der Waals surface area contributed by atoms with Gasteiger partial charge in [0, 0.05) is 55.6 Å². The first-order chi connectivity index (χ1) is 11.5.